The molecule has 0 aliphatic heterocycles. The first-order valence-corrected chi connectivity index (χ1v) is 24.2. The van der Waals surface area contributed by atoms with Gasteiger partial charge >= 0.3 is 17.9 Å². The van der Waals surface area contributed by atoms with Gasteiger partial charge in [0.15, 0.2) is 6.10 Å². The van der Waals surface area contributed by atoms with Crippen LogP contribution in [0.25, 0.3) is 0 Å². The van der Waals surface area contributed by atoms with Crippen molar-refractivity contribution in [3.8, 4) is 0 Å². The van der Waals surface area contributed by atoms with E-state index in [4.69, 9.17) is 14.2 Å². The molecule has 0 saturated carbocycles. The molecular formula is C53H88O6. The third kappa shape index (κ3) is 45.5. The van der Waals surface area contributed by atoms with Crippen LogP contribution in [0.1, 0.15) is 213 Å². The molecule has 0 rings (SSSR count). The Kier molecular flexibility index (Phi) is 44.5. The Hall–Kier alpha value is -3.41. The minimum Gasteiger partial charge on any atom is -0.462 e. The molecule has 0 bridgehead atoms. The van der Waals surface area contributed by atoms with Gasteiger partial charge in [-0.2, -0.15) is 0 Å². The number of carbonyl (C=O) groups is 3. The van der Waals surface area contributed by atoms with Crippen LogP contribution in [-0.4, -0.2) is 37.2 Å². The highest BCUT2D eigenvalue weighted by Gasteiger charge is 2.19. The van der Waals surface area contributed by atoms with Crippen LogP contribution in [0.2, 0.25) is 0 Å². The fourth-order valence-corrected chi connectivity index (χ4v) is 6.39. The molecule has 1 unspecified atom stereocenters. The van der Waals surface area contributed by atoms with Crippen LogP contribution in [-0.2, 0) is 28.6 Å². The van der Waals surface area contributed by atoms with Crippen molar-refractivity contribution in [1.29, 1.82) is 0 Å². The summed E-state index contributed by atoms with van der Waals surface area (Å²) < 4.78 is 16.7. The summed E-state index contributed by atoms with van der Waals surface area (Å²) in [5, 5.41) is 0. The fraction of sp³-hybridized carbons (Fsp3) is 0.679. The topological polar surface area (TPSA) is 78.9 Å². The number of allylic oxidation sites excluding steroid dienone is 14. The smallest absolute Gasteiger partial charge is 0.306 e. The van der Waals surface area contributed by atoms with Crippen LogP contribution < -0.4 is 0 Å². The molecule has 6 nitrogen and oxygen atoms in total. The van der Waals surface area contributed by atoms with E-state index in [1.807, 2.05) is 60.8 Å². The van der Waals surface area contributed by atoms with E-state index in [1.54, 1.807) is 0 Å². The predicted octanol–water partition coefficient (Wildman–Crippen LogP) is 15.6. The van der Waals surface area contributed by atoms with Crippen molar-refractivity contribution < 1.29 is 28.6 Å². The second-order valence-corrected chi connectivity index (χ2v) is 15.8. The molecule has 0 amide bonds. The minimum atomic E-state index is -0.796. The summed E-state index contributed by atoms with van der Waals surface area (Å²) >= 11 is 0. The molecule has 336 valence electrons. The fourth-order valence-electron chi connectivity index (χ4n) is 6.39. The molecule has 0 aromatic heterocycles. The number of hydrogen-bond acceptors (Lipinski definition) is 6. The van der Waals surface area contributed by atoms with Crippen LogP contribution >= 0.6 is 0 Å². The predicted molar refractivity (Wildman–Crippen MR) is 251 cm³/mol. The molecule has 0 spiro atoms. The number of unbranched alkanes of at least 4 members (excludes halogenated alkanes) is 22. The maximum atomic E-state index is 12.8. The van der Waals surface area contributed by atoms with Crippen molar-refractivity contribution in [2.45, 2.75) is 219 Å². The summed E-state index contributed by atoms with van der Waals surface area (Å²) in [7, 11) is 0. The molecule has 0 radical (unpaired) electrons. The van der Waals surface area contributed by atoms with E-state index in [0.717, 1.165) is 89.9 Å². The van der Waals surface area contributed by atoms with Crippen molar-refractivity contribution in [3.63, 3.8) is 0 Å². The Morgan fingerprint density at radius 2 is 0.695 bits per heavy atom. The van der Waals surface area contributed by atoms with Crippen molar-refractivity contribution in [1.82, 2.24) is 0 Å². The van der Waals surface area contributed by atoms with E-state index in [0.29, 0.717) is 19.3 Å². The number of hydrogen-bond donors (Lipinski definition) is 0. The van der Waals surface area contributed by atoms with E-state index in [2.05, 4.69) is 45.1 Å². The van der Waals surface area contributed by atoms with Gasteiger partial charge in [-0.05, 0) is 57.8 Å². The summed E-state index contributed by atoms with van der Waals surface area (Å²) in [5.41, 5.74) is 0. The Morgan fingerprint density at radius 3 is 1.15 bits per heavy atom. The van der Waals surface area contributed by atoms with Gasteiger partial charge in [-0.15, -0.1) is 0 Å². The van der Waals surface area contributed by atoms with Gasteiger partial charge in [-0.3, -0.25) is 14.4 Å². The molecular weight excluding hydrogens is 733 g/mol. The van der Waals surface area contributed by atoms with Gasteiger partial charge in [0.2, 0.25) is 0 Å². The molecule has 6 heteroatoms. The van der Waals surface area contributed by atoms with Gasteiger partial charge in [0.05, 0.1) is 0 Å². The normalized spacial score (nSPS) is 12.8. The second-order valence-electron chi connectivity index (χ2n) is 15.8. The van der Waals surface area contributed by atoms with Crippen LogP contribution in [0.4, 0.5) is 0 Å². The standard InChI is InChI=1S/C53H88O6/c1-4-7-10-13-16-19-22-24-26-27-28-30-31-34-37-40-43-46-52(55)58-49-50(48-57-51(54)45-42-39-36-33-21-18-15-12-9-6-3)59-53(56)47-44-41-38-35-32-29-25-23-20-17-14-11-8-5-2/h7,10,13,15-16,18-19,22,24,26-28,30-31,50H,4-6,8-9,11-12,14,17,20-21,23,25,29,32-49H2,1-3H3/b10-7-,16-13-,18-15-,22-19-,26-24-,28-27+,31-30-. The zero-order valence-corrected chi connectivity index (χ0v) is 38.2. The SMILES string of the molecule is CC\C=C/C=C\C=C/C=C\C=C\C=C/CCCCCC(=O)OCC(COC(=O)CCCCCC/C=C\CCCC)OC(=O)CCCCCCCCCCCCCCCC. The van der Waals surface area contributed by atoms with Gasteiger partial charge in [0.1, 0.15) is 13.2 Å². The molecule has 1 atom stereocenters. The van der Waals surface area contributed by atoms with Crippen LogP contribution in [0.5, 0.6) is 0 Å². The average Bonchev–Trinajstić information content (AvgIpc) is 3.23. The minimum absolute atomic E-state index is 0.0965. The van der Waals surface area contributed by atoms with E-state index in [1.165, 1.54) is 83.5 Å². The summed E-state index contributed by atoms with van der Waals surface area (Å²) in [4.78, 5) is 37.8. The summed E-state index contributed by atoms with van der Waals surface area (Å²) in [6.45, 7) is 6.39. The largest absolute Gasteiger partial charge is 0.462 e. The number of esters is 3. The maximum Gasteiger partial charge on any atom is 0.306 e. The van der Waals surface area contributed by atoms with E-state index in [9.17, 15) is 14.4 Å². The average molecular weight is 821 g/mol. The third-order valence-corrected chi connectivity index (χ3v) is 10.0. The highest BCUT2D eigenvalue weighted by Crippen LogP contribution is 2.15. The van der Waals surface area contributed by atoms with Crippen molar-refractivity contribution in [2.24, 2.45) is 0 Å². The molecule has 59 heavy (non-hydrogen) atoms. The van der Waals surface area contributed by atoms with Gasteiger partial charge in [0, 0.05) is 19.3 Å². The summed E-state index contributed by atoms with van der Waals surface area (Å²) in [6, 6.07) is 0. The van der Waals surface area contributed by atoms with Crippen molar-refractivity contribution >= 4 is 17.9 Å². The number of rotatable bonds is 42. The highest BCUT2D eigenvalue weighted by molar-refractivity contribution is 5.71. The molecule has 0 saturated heterocycles. The van der Waals surface area contributed by atoms with Gasteiger partial charge < -0.3 is 14.2 Å². The Balaban J connectivity index is 4.47. The molecule has 0 aromatic carbocycles. The second kappa shape index (κ2) is 47.3. The maximum absolute atomic E-state index is 12.8. The van der Waals surface area contributed by atoms with Gasteiger partial charge in [-0.1, -0.05) is 221 Å². The summed E-state index contributed by atoms with van der Waals surface area (Å²) in [5.74, 6) is -0.957. The van der Waals surface area contributed by atoms with Gasteiger partial charge in [0.25, 0.3) is 0 Å². The van der Waals surface area contributed by atoms with Crippen LogP contribution in [0, 0.1) is 0 Å². The van der Waals surface area contributed by atoms with E-state index in [-0.39, 0.29) is 31.1 Å². The zero-order valence-electron chi connectivity index (χ0n) is 38.2. The van der Waals surface area contributed by atoms with E-state index >= 15 is 0 Å². The lowest BCUT2D eigenvalue weighted by molar-refractivity contribution is -0.167. The Bertz CT molecular complexity index is 1170. The van der Waals surface area contributed by atoms with E-state index < -0.39 is 6.10 Å². The van der Waals surface area contributed by atoms with Crippen molar-refractivity contribution in [3.05, 3.63) is 85.1 Å². The quantitative estimate of drug-likeness (QED) is 0.0201. The third-order valence-electron chi connectivity index (χ3n) is 10.0. The number of carbonyl (C=O) groups excluding carboxylic acids is 3. The highest BCUT2D eigenvalue weighted by atomic mass is 16.6. The first-order valence-electron chi connectivity index (χ1n) is 24.2. The molecule has 0 aliphatic rings. The molecule has 0 heterocycles. The zero-order chi connectivity index (χ0) is 43.0. The first-order chi connectivity index (χ1) is 29.0. The monoisotopic (exact) mass is 821 g/mol. The molecule has 0 aliphatic carbocycles. The van der Waals surface area contributed by atoms with Crippen molar-refractivity contribution in [2.75, 3.05) is 13.2 Å². The number of ether oxygens (including phenoxy) is 3. The summed E-state index contributed by atoms with van der Waals surface area (Å²) in [6.07, 6.45) is 59.9. The van der Waals surface area contributed by atoms with Gasteiger partial charge in [-0.25, -0.2) is 0 Å². The molecule has 0 aromatic rings. The Labute approximate surface area is 363 Å². The lowest BCUT2D eigenvalue weighted by atomic mass is 10.0. The van der Waals surface area contributed by atoms with Crippen LogP contribution in [0.3, 0.4) is 0 Å². The lowest BCUT2D eigenvalue weighted by Gasteiger charge is -2.18. The Morgan fingerprint density at radius 1 is 0.356 bits per heavy atom. The van der Waals surface area contributed by atoms with Crippen LogP contribution in [0.15, 0.2) is 85.1 Å². The molecule has 0 N–H and O–H groups in total. The lowest BCUT2D eigenvalue weighted by Crippen LogP contribution is -2.30. The first kappa shape index (κ1) is 55.6. The molecule has 0 fully saturated rings.